The Bertz CT molecular complexity index is 723. The first-order chi connectivity index (χ1) is 11.5. The van der Waals surface area contributed by atoms with Gasteiger partial charge in [-0.2, -0.15) is 0 Å². The average Bonchev–Trinajstić information content (AvgIpc) is 2.96. The second-order valence-corrected chi connectivity index (χ2v) is 7.04. The van der Waals surface area contributed by atoms with Crippen LogP contribution in [-0.2, 0) is 4.79 Å². The van der Waals surface area contributed by atoms with Gasteiger partial charge < -0.3 is 10.3 Å². The van der Waals surface area contributed by atoms with Crippen molar-refractivity contribution in [3.63, 3.8) is 0 Å². The summed E-state index contributed by atoms with van der Waals surface area (Å²) >= 11 is 1.49. The molecule has 2 aromatic rings. The van der Waals surface area contributed by atoms with E-state index in [2.05, 4.69) is 46.8 Å². The summed E-state index contributed by atoms with van der Waals surface area (Å²) in [4.78, 5) is 14.9. The molecule has 0 radical (unpaired) electrons. The quantitative estimate of drug-likeness (QED) is 0.922. The Morgan fingerprint density at radius 1 is 1.21 bits per heavy atom. The molecule has 0 unspecified atom stereocenters. The Kier molecular flexibility index (Phi) is 4.80. The number of carbonyl (C=O) groups is 1. The molecule has 3 rings (SSSR count). The van der Waals surface area contributed by atoms with Gasteiger partial charge in [-0.05, 0) is 33.3 Å². The van der Waals surface area contributed by atoms with Crippen LogP contribution in [-0.4, -0.2) is 44.0 Å². The van der Waals surface area contributed by atoms with E-state index in [0.29, 0.717) is 13.1 Å². The highest BCUT2D eigenvalue weighted by Crippen LogP contribution is 2.37. The summed E-state index contributed by atoms with van der Waals surface area (Å²) < 4.78 is 1.88. The molecule has 1 aliphatic rings. The largest absolute Gasteiger partial charge is 0.342 e. The van der Waals surface area contributed by atoms with Gasteiger partial charge in [-0.1, -0.05) is 41.6 Å². The number of carbonyl (C=O) groups excluding carboxylic acids is 1. The fourth-order valence-corrected chi connectivity index (χ4v) is 4.10. The van der Waals surface area contributed by atoms with E-state index in [-0.39, 0.29) is 17.2 Å². The van der Waals surface area contributed by atoms with Crippen LogP contribution in [0.4, 0.5) is 0 Å². The zero-order chi connectivity index (χ0) is 17.3. The molecule has 1 aromatic carbocycles. The normalized spacial score (nSPS) is 19.5. The first-order valence-electron chi connectivity index (χ1n) is 8.25. The predicted molar refractivity (Wildman–Crippen MR) is 95.6 cm³/mol. The number of hydrogen-bond acceptors (Lipinski definition) is 5. The minimum Gasteiger partial charge on any atom is -0.342 e. The number of nitrogens with zero attached hydrogens (tertiary/aromatic N) is 4. The third-order valence-electron chi connectivity index (χ3n) is 4.35. The van der Waals surface area contributed by atoms with Crippen molar-refractivity contribution in [2.75, 3.05) is 18.5 Å². The maximum Gasteiger partial charge on any atom is 0.238 e. The molecule has 0 saturated heterocycles. The topological polar surface area (TPSA) is 63.1 Å². The predicted octanol–water partition coefficient (Wildman–Crippen LogP) is 2.52. The molecule has 1 aromatic heterocycles. The summed E-state index contributed by atoms with van der Waals surface area (Å²) in [5.74, 6) is 0.929. The molecule has 0 saturated carbocycles. The summed E-state index contributed by atoms with van der Waals surface area (Å²) in [6, 6.07) is 8.21. The zero-order valence-electron chi connectivity index (χ0n) is 14.5. The second-order valence-electron chi connectivity index (χ2n) is 5.93. The van der Waals surface area contributed by atoms with Gasteiger partial charge in [-0.25, -0.2) is 4.68 Å². The number of hydrogen-bond donors (Lipinski definition) is 1. The highest BCUT2D eigenvalue weighted by atomic mass is 32.2. The summed E-state index contributed by atoms with van der Waals surface area (Å²) in [6.07, 6.45) is 0. The van der Waals surface area contributed by atoms with Gasteiger partial charge >= 0.3 is 0 Å². The molecule has 1 aliphatic heterocycles. The minimum absolute atomic E-state index is 0.120. The Morgan fingerprint density at radius 3 is 2.50 bits per heavy atom. The SMILES string of the molecule is CCN(CC)C(=O)[C@H]1Sc2nnc(C)n2N[C@H]1c1ccc(C)cc1. The fourth-order valence-electron chi connectivity index (χ4n) is 2.89. The molecule has 1 N–H and O–H groups in total. The van der Waals surface area contributed by atoms with Crippen LogP contribution in [0.25, 0.3) is 0 Å². The molecule has 0 fully saturated rings. The van der Waals surface area contributed by atoms with Crippen LogP contribution in [0.2, 0.25) is 0 Å². The molecule has 2 heterocycles. The van der Waals surface area contributed by atoms with E-state index in [0.717, 1.165) is 16.5 Å². The van der Waals surface area contributed by atoms with Crippen LogP contribution in [0.15, 0.2) is 29.4 Å². The van der Waals surface area contributed by atoms with Crippen molar-refractivity contribution < 1.29 is 4.79 Å². The van der Waals surface area contributed by atoms with Crippen LogP contribution in [0, 0.1) is 13.8 Å². The number of amides is 1. The highest BCUT2D eigenvalue weighted by molar-refractivity contribution is 8.00. The van der Waals surface area contributed by atoms with E-state index in [4.69, 9.17) is 0 Å². The molecule has 0 spiro atoms. The van der Waals surface area contributed by atoms with Gasteiger partial charge in [0.05, 0.1) is 6.04 Å². The van der Waals surface area contributed by atoms with E-state index in [1.807, 2.05) is 30.3 Å². The number of aryl methyl sites for hydroxylation is 2. The third-order valence-corrected chi connectivity index (χ3v) is 5.56. The molecule has 1 amide bonds. The molecule has 7 heteroatoms. The van der Waals surface area contributed by atoms with Crippen molar-refractivity contribution in [3.05, 3.63) is 41.2 Å². The van der Waals surface area contributed by atoms with Crippen molar-refractivity contribution in [1.29, 1.82) is 0 Å². The average molecular weight is 345 g/mol. The maximum absolute atomic E-state index is 13.0. The number of thioether (sulfide) groups is 1. The van der Waals surface area contributed by atoms with Gasteiger partial charge in [0.25, 0.3) is 0 Å². The Labute approximate surface area is 146 Å². The summed E-state index contributed by atoms with van der Waals surface area (Å²) in [7, 11) is 0. The van der Waals surface area contributed by atoms with E-state index >= 15 is 0 Å². The van der Waals surface area contributed by atoms with Crippen LogP contribution >= 0.6 is 11.8 Å². The van der Waals surface area contributed by atoms with Gasteiger partial charge in [0.2, 0.25) is 11.1 Å². The van der Waals surface area contributed by atoms with Crippen LogP contribution in [0.3, 0.4) is 0 Å². The molecule has 24 heavy (non-hydrogen) atoms. The molecule has 6 nitrogen and oxygen atoms in total. The lowest BCUT2D eigenvalue weighted by atomic mass is 10.0. The van der Waals surface area contributed by atoms with E-state index < -0.39 is 0 Å². The lowest BCUT2D eigenvalue weighted by molar-refractivity contribution is -0.130. The van der Waals surface area contributed by atoms with E-state index in [1.54, 1.807) is 0 Å². The second kappa shape index (κ2) is 6.84. The number of fused-ring (bicyclic) bond motifs is 1. The van der Waals surface area contributed by atoms with Gasteiger partial charge in [-0.15, -0.1) is 10.2 Å². The number of nitrogens with one attached hydrogen (secondary N) is 1. The van der Waals surface area contributed by atoms with Gasteiger partial charge in [0.15, 0.2) is 0 Å². The van der Waals surface area contributed by atoms with Crippen molar-refractivity contribution in [1.82, 2.24) is 19.8 Å². The molecule has 0 aliphatic carbocycles. The number of benzene rings is 1. The highest BCUT2D eigenvalue weighted by Gasteiger charge is 2.38. The molecular weight excluding hydrogens is 322 g/mol. The van der Waals surface area contributed by atoms with Crippen LogP contribution in [0.5, 0.6) is 0 Å². The van der Waals surface area contributed by atoms with Gasteiger partial charge in [-0.3, -0.25) is 4.79 Å². The van der Waals surface area contributed by atoms with E-state index in [1.165, 1.54) is 17.3 Å². The maximum atomic E-state index is 13.0. The zero-order valence-corrected chi connectivity index (χ0v) is 15.3. The smallest absolute Gasteiger partial charge is 0.238 e. The summed E-state index contributed by atoms with van der Waals surface area (Å²) in [5.41, 5.74) is 5.74. The van der Waals surface area contributed by atoms with Gasteiger partial charge in [0, 0.05) is 13.1 Å². The first kappa shape index (κ1) is 16.8. The van der Waals surface area contributed by atoms with Crippen molar-refractivity contribution in [2.24, 2.45) is 0 Å². The fraction of sp³-hybridized carbons (Fsp3) is 0.471. The van der Waals surface area contributed by atoms with Crippen LogP contribution < -0.4 is 5.43 Å². The van der Waals surface area contributed by atoms with Crippen LogP contribution in [0.1, 0.15) is 36.8 Å². The monoisotopic (exact) mass is 345 g/mol. The Hall–Kier alpha value is -2.02. The molecule has 0 bridgehead atoms. The number of rotatable bonds is 4. The number of aromatic nitrogens is 3. The Morgan fingerprint density at radius 2 is 1.88 bits per heavy atom. The van der Waals surface area contributed by atoms with E-state index in [9.17, 15) is 4.79 Å². The molecular formula is C17H23N5OS. The van der Waals surface area contributed by atoms with Gasteiger partial charge in [0.1, 0.15) is 11.1 Å². The van der Waals surface area contributed by atoms with Crippen molar-refractivity contribution >= 4 is 17.7 Å². The molecule has 2 atom stereocenters. The summed E-state index contributed by atoms with van der Waals surface area (Å²) in [6.45, 7) is 9.40. The standard InChI is InChI=1S/C17H23N5OS/c1-5-21(6-2)16(23)15-14(13-9-7-11(3)8-10-13)20-22-12(4)18-19-17(22)24-15/h7-10,14-15,20H,5-6H2,1-4H3/t14-,15-/m0/s1. The lowest BCUT2D eigenvalue weighted by Gasteiger charge is -2.35. The molecule has 128 valence electrons. The lowest BCUT2D eigenvalue weighted by Crippen LogP contribution is -2.46. The van der Waals surface area contributed by atoms with Crippen molar-refractivity contribution in [3.8, 4) is 0 Å². The Balaban J connectivity index is 1.99. The minimum atomic E-state index is -0.260. The summed E-state index contributed by atoms with van der Waals surface area (Å²) in [5, 5.41) is 8.79. The third kappa shape index (κ3) is 3.00. The first-order valence-corrected chi connectivity index (χ1v) is 9.13. The van der Waals surface area contributed by atoms with Crippen molar-refractivity contribution in [2.45, 2.75) is 44.1 Å².